The van der Waals surface area contributed by atoms with E-state index in [9.17, 15) is 4.79 Å². The van der Waals surface area contributed by atoms with E-state index in [1.807, 2.05) is 24.3 Å². The van der Waals surface area contributed by atoms with E-state index in [1.54, 1.807) is 0 Å². The summed E-state index contributed by atoms with van der Waals surface area (Å²) in [6.07, 6.45) is 9.23. The van der Waals surface area contributed by atoms with Crippen molar-refractivity contribution in [1.29, 1.82) is 0 Å². The molecular formula is C18H26N2O. The monoisotopic (exact) mass is 286 g/mol. The van der Waals surface area contributed by atoms with Crippen molar-refractivity contribution in [3.63, 3.8) is 0 Å². The maximum absolute atomic E-state index is 12.6. The van der Waals surface area contributed by atoms with Gasteiger partial charge in [0.15, 0.2) is 0 Å². The number of nitrogens with zero attached hydrogens (tertiary/aromatic N) is 1. The topological polar surface area (TPSA) is 46.3 Å². The Morgan fingerprint density at radius 3 is 2.52 bits per heavy atom. The molecule has 114 valence electrons. The molecule has 1 amide bonds. The Kier molecular flexibility index (Phi) is 4.47. The van der Waals surface area contributed by atoms with Crippen LogP contribution in [0.2, 0.25) is 0 Å². The fourth-order valence-corrected chi connectivity index (χ4v) is 4.01. The fourth-order valence-electron chi connectivity index (χ4n) is 4.01. The molecule has 1 unspecified atom stereocenters. The van der Waals surface area contributed by atoms with Crippen LogP contribution in [0.25, 0.3) is 0 Å². The first-order valence-electron chi connectivity index (χ1n) is 8.38. The van der Waals surface area contributed by atoms with Crippen molar-refractivity contribution in [3.8, 4) is 0 Å². The van der Waals surface area contributed by atoms with Gasteiger partial charge < -0.3 is 10.6 Å². The van der Waals surface area contributed by atoms with E-state index in [0.717, 1.165) is 24.6 Å². The van der Waals surface area contributed by atoms with Crippen molar-refractivity contribution < 1.29 is 4.79 Å². The Morgan fingerprint density at radius 2 is 1.81 bits per heavy atom. The number of carbonyl (C=O) groups excluding carboxylic acids is 1. The molecule has 3 heteroatoms. The summed E-state index contributed by atoms with van der Waals surface area (Å²) in [5, 5.41) is 0. The molecule has 3 rings (SSSR count). The van der Waals surface area contributed by atoms with Gasteiger partial charge in [-0.1, -0.05) is 25.0 Å². The van der Waals surface area contributed by atoms with Crippen molar-refractivity contribution in [2.24, 2.45) is 5.92 Å². The van der Waals surface area contributed by atoms with Gasteiger partial charge in [-0.3, -0.25) is 4.79 Å². The summed E-state index contributed by atoms with van der Waals surface area (Å²) in [5.41, 5.74) is 7.68. The number of hydrogen-bond donors (Lipinski definition) is 1. The maximum Gasteiger partial charge on any atom is 0.223 e. The van der Waals surface area contributed by atoms with Gasteiger partial charge in [-0.2, -0.15) is 0 Å². The van der Waals surface area contributed by atoms with Crippen molar-refractivity contribution in [2.75, 3.05) is 12.3 Å². The van der Waals surface area contributed by atoms with Gasteiger partial charge in [0.05, 0.1) is 0 Å². The lowest BCUT2D eigenvalue weighted by molar-refractivity contribution is -0.132. The first-order valence-corrected chi connectivity index (χ1v) is 8.38. The van der Waals surface area contributed by atoms with E-state index < -0.39 is 0 Å². The van der Waals surface area contributed by atoms with Crippen LogP contribution in [0.3, 0.4) is 0 Å². The van der Waals surface area contributed by atoms with Crippen molar-refractivity contribution in [2.45, 2.75) is 57.4 Å². The zero-order valence-electron chi connectivity index (χ0n) is 12.8. The predicted molar refractivity (Wildman–Crippen MR) is 85.9 cm³/mol. The van der Waals surface area contributed by atoms with Crippen LogP contribution in [0.4, 0.5) is 5.69 Å². The van der Waals surface area contributed by atoms with Gasteiger partial charge in [-0.25, -0.2) is 0 Å². The van der Waals surface area contributed by atoms with E-state index in [0.29, 0.717) is 18.4 Å². The Bertz CT molecular complexity index is 476. The number of rotatable bonds is 4. The van der Waals surface area contributed by atoms with Crippen LogP contribution in [0.1, 0.15) is 50.5 Å². The van der Waals surface area contributed by atoms with Crippen LogP contribution in [0.5, 0.6) is 0 Å². The highest BCUT2D eigenvalue weighted by Crippen LogP contribution is 2.35. The number of likely N-dealkylation sites (tertiary alicyclic amines) is 1. The van der Waals surface area contributed by atoms with Crippen LogP contribution in [-0.4, -0.2) is 23.4 Å². The van der Waals surface area contributed by atoms with Crippen LogP contribution in [0, 0.1) is 5.92 Å². The zero-order chi connectivity index (χ0) is 14.7. The summed E-state index contributed by atoms with van der Waals surface area (Å²) in [7, 11) is 0. The molecule has 1 aromatic rings. The summed E-state index contributed by atoms with van der Waals surface area (Å²) in [6.45, 7) is 0.974. The number of amides is 1. The van der Waals surface area contributed by atoms with Gasteiger partial charge in [0, 0.05) is 24.7 Å². The van der Waals surface area contributed by atoms with E-state index in [-0.39, 0.29) is 0 Å². The van der Waals surface area contributed by atoms with Crippen LogP contribution >= 0.6 is 0 Å². The van der Waals surface area contributed by atoms with Gasteiger partial charge in [-0.05, 0) is 55.7 Å². The van der Waals surface area contributed by atoms with Crippen LogP contribution in [-0.2, 0) is 11.2 Å². The molecule has 1 saturated carbocycles. The van der Waals surface area contributed by atoms with Gasteiger partial charge in [0.2, 0.25) is 5.91 Å². The molecule has 0 bridgehead atoms. The van der Waals surface area contributed by atoms with E-state index in [2.05, 4.69) is 4.90 Å². The minimum atomic E-state index is 0.348. The maximum atomic E-state index is 12.6. The molecule has 2 N–H and O–H groups in total. The van der Waals surface area contributed by atoms with E-state index in [1.165, 1.54) is 44.1 Å². The molecular weight excluding hydrogens is 260 g/mol. The lowest BCUT2D eigenvalue weighted by Gasteiger charge is -2.29. The number of aryl methyl sites for hydroxylation is 1. The third kappa shape index (κ3) is 3.39. The Hall–Kier alpha value is -1.51. The summed E-state index contributed by atoms with van der Waals surface area (Å²) in [6, 6.07) is 8.42. The quantitative estimate of drug-likeness (QED) is 0.862. The molecule has 0 spiro atoms. The molecule has 1 heterocycles. The third-order valence-electron chi connectivity index (χ3n) is 5.17. The van der Waals surface area contributed by atoms with Crippen molar-refractivity contribution in [3.05, 3.63) is 29.8 Å². The molecule has 1 saturated heterocycles. The molecule has 0 radical (unpaired) electrons. The first-order chi connectivity index (χ1) is 10.2. The van der Waals surface area contributed by atoms with Crippen molar-refractivity contribution in [1.82, 2.24) is 4.90 Å². The second-order valence-corrected chi connectivity index (χ2v) is 6.58. The Labute approximate surface area is 127 Å². The second kappa shape index (κ2) is 6.50. The van der Waals surface area contributed by atoms with Gasteiger partial charge in [0.1, 0.15) is 0 Å². The zero-order valence-corrected chi connectivity index (χ0v) is 12.8. The predicted octanol–water partition coefficient (Wildman–Crippen LogP) is 3.38. The molecule has 1 atom stereocenters. The molecule has 2 fully saturated rings. The lowest BCUT2D eigenvalue weighted by atomic mass is 9.95. The Balaban J connectivity index is 1.55. The lowest BCUT2D eigenvalue weighted by Crippen LogP contribution is -2.39. The van der Waals surface area contributed by atoms with E-state index >= 15 is 0 Å². The number of anilines is 1. The number of benzene rings is 1. The highest BCUT2D eigenvalue weighted by Gasteiger charge is 2.35. The largest absolute Gasteiger partial charge is 0.399 e. The average molecular weight is 286 g/mol. The summed E-state index contributed by atoms with van der Waals surface area (Å²) in [5.74, 6) is 1.12. The molecule has 0 aromatic heterocycles. The average Bonchev–Trinajstić information content (AvgIpc) is 3.16. The fraction of sp³-hybridized carbons (Fsp3) is 0.611. The highest BCUT2D eigenvalue weighted by atomic mass is 16.2. The molecule has 1 aliphatic heterocycles. The number of carbonyl (C=O) groups is 1. The summed E-state index contributed by atoms with van der Waals surface area (Å²) >= 11 is 0. The molecule has 3 nitrogen and oxygen atoms in total. The van der Waals surface area contributed by atoms with Gasteiger partial charge in [0.25, 0.3) is 0 Å². The first kappa shape index (κ1) is 14.4. The smallest absolute Gasteiger partial charge is 0.223 e. The normalized spacial score (nSPS) is 22.9. The van der Waals surface area contributed by atoms with Crippen LogP contribution in [0.15, 0.2) is 24.3 Å². The number of nitrogen functional groups attached to an aromatic ring is 1. The third-order valence-corrected chi connectivity index (χ3v) is 5.17. The molecule has 2 aliphatic rings. The van der Waals surface area contributed by atoms with Gasteiger partial charge >= 0.3 is 0 Å². The summed E-state index contributed by atoms with van der Waals surface area (Å²) < 4.78 is 0. The van der Waals surface area contributed by atoms with Crippen LogP contribution < -0.4 is 5.73 Å². The highest BCUT2D eigenvalue weighted by molar-refractivity contribution is 5.77. The number of nitrogens with two attached hydrogens (primary N) is 1. The standard InChI is InChI=1S/C18H26N2O/c19-16-10-7-14(8-11-16)9-12-18(21)20-13-3-6-17(20)15-4-1-2-5-15/h7-8,10-11,15,17H,1-6,9,12-13,19H2. The van der Waals surface area contributed by atoms with E-state index in [4.69, 9.17) is 5.73 Å². The van der Waals surface area contributed by atoms with Gasteiger partial charge in [-0.15, -0.1) is 0 Å². The molecule has 21 heavy (non-hydrogen) atoms. The minimum Gasteiger partial charge on any atom is -0.399 e. The molecule has 1 aliphatic carbocycles. The summed E-state index contributed by atoms with van der Waals surface area (Å²) in [4.78, 5) is 14.7. The number of hydrogen-bond acceptors (Lipinski definition) is 2. The Morgan fingerprint density at radius 1 is 1.10 bits per heavy atom. The SMILES string of the molecule is Nc1ccc(CCC(=O)N2CCCC2C2CCCC2)cc1. The molecule has 1 aromatic carbocycles. The minimum absolute atomic E-state index is 0.348. The second-order valence-electron chi connectivity index (χ2n) is 6.58. The van der Waals surface area contributed by atoms with Crippen molar-refractivity contribution >= 4 is 11.6 Å².